The van der Waals surface area contributed by atoms with Gasteiger partial charge in [0.1, 0.15) is 5.75 Å². The summed E-state index contributed by atoms with van der Waals surface area (Å²) in [6.45, 7) is 2.03. The van der Waals surface area contributed by atoms with Crippen molar-refractivity contribution in [3.63, 3.8) is 0 Å². The van der Waals surface area contributed by atoms with Gasteiger partial charge in [0.05, 0.1) is 28.7 Å². The SMILES string of the molecule is Cc1ccc(NCC(=O)N/N=C\c2ccc(Oc3ccc([N+](=O)[O-])cc3[N+](=O)[O-])cc2)cc1. The Bertz CT molecular complexity index is 1190. The first-order valence-electron chi connectivity index (χ1n) is 9.65. The second-order valence-corrected chi connectivity index (χ2v) is 6.85. The zero-order valence-electron chi connectivity index (χ0n) is 17.4. The van der Waals surface area contributed by atoms with Crippen LogP contribution in [0.1, 0.15) is 11.1 Å². The van der Waals surface area contributed by atoms with Crippen LogP contribution < -0.4 is 15.5 Å². The van der Waals surface area contributed by atoms with Crippen LogP contribution in [0.2, 0.25) is 0 Å². The van der Waals surface area contributed by atoms with E-state index in [1.54, 1.807) is 24.3 Å². The summed E-state index contributed by atoms with van der Waals surface area (Å²) in [5.74, 6) is -0.159. The molecule has 3 aromatic rings. The number of nitro groups is 2. The largest absolute Gasteiger partial charge is 0.450 e. The Hall–Kier alpha value is -4.80. The summed E-state index contributed by atoms with van der Waals surface area (Å²) in [7, 11) is 0. The number of nitro benzene ring substituents is 2. The molecule has 3 aromatic carbocycles. The lowest BCUT2D eigenvalue weighted by Crippen LogP contribution is -2.25. The van der Waals surface area contributed by atoms with E-state index in [2.05, 4.69) is 15.8 Å². The summed E-state index contributed by atoms with van der Waals surface area (Å²) >= 11 is 0. The minimum absolute atomic E-state index is 0.0567. The van der Waals surface area contributed by atoms with Crippen LogP contribution in [-0.2, 0) is 4.79 Å². The van der Waals surface area contributed by atoms with Crippen LogP contribution in [0.25, 0.3) is 0 Å². The lowest BCUT2D eigenvalue weighted by molar-refractivity contribution is -0.394. The molecule has 0 spiro atoms. The van der Waals surface area contributed by atoms with E-state index in [-0.39, 0.29) is 24.0 Å². The molecule has 2 N–H and O–H groups in total. The van der Waals surface area contributed by atoms with Crippen molar-refractivity contribution in [1.82, 2.24) is 5.43 Å². The predicted octanol–water partition coefficient (Wildman–Crippen LogP) is 4.17. The number of nitrogens with one attached hydrogen (secondary N) is 2. The van der Waals surface area contributed by atoms with Gasteiger partial charge in [-0.25, -0.2) is 5.43 Å². The molecule has 0 bridgehead atoms. The molecule has 11 nitrogen and oxygen atoms in total. The van der Waals surface area contributed by atoms with Gasteiger partial charge in [0.25, 0.3) is 11.6 Å². The van der Waals surface area contributed by atoms with Crippen LogP contribution in [0.5, 0.6) is 11.5 Å². The second kappa shape index (κ2) is 10.5. The first kappa shape index (κ1) is 22.9. The molecule has 0 radical (unpaired) electrons. The number of hydrazone groups is 1. The van der Waals surface area contributed by atoms with Gasteiger partial charge in [-0.2, -0.15) is 5.10 Å². The molecule has 0 aliphatic rings. The van der Waals surface area contributed by atoms with E-state index in [9.17, 15) is 25.0 Å². The molecule has 0 aliphatic carbocycles. The third kappa shape index (κ3) is 6.59. The Kier molecular flexibility index (Phi) is 7.27. The van der Waals surface area contributed by atoms with Crippen LogP contribution in [0.4, 0.5) is 17.1 Å². The number of anilines is 1. The Morgan fingerprint density at radius 2 is 1.70 bits per heavy atom. The standard InChI is InChI=1S/C22H19N5O6/c1-15-2-6-17(7-3-15)23-14-22(28)25-24-13-16-4-9-19(10-5-16)33-21-11-8-18(26(29)30)12-20(21)27(31)32/h2-13,23H,14H2,1H3,(H,25,28)/b24-13-. The lowest BCUT2D eigenvalue weighted by atomic mass is 10.2. The van der Waals surface area contributed by atoms with Gasteiger partial charge in [-0.1, -0.05) is 17.7 Å². The third-order valence-electron chi connectivity index (χ3n) is 4.37. The third-order valence-corrected chi connectivity index (χ3v) is 4.37. The minimum atomic E-state index is -0.750. The molecule has 0 unspecified atom stereocenters. The molecule has 0 fully saturated rings. The number of hydrogen-bond acceptors (Lipinski definition) is 8. The van der Waals surface area contributed by atoms with E-state index in [0.29, 0.717) is 5.56 Å². The summed E-state index contributed by atoms with van der Waals surface area (Å²) in [6.07, 6.45) is 1.43. The van der Waals surface area contributed by atoms with Crippen molar-refractivity contribution in [2.75, 3.05) is 11.9 Å². The molecule has 0 saturated carbocycles. The predicted molar refractivity (Wildman–Crippen MR) is 122 cm³/mol. The smallest absolute Gasteiger partial charge is 0.318 e. The number of benzene rings is 3. The van der Waals surface area contributed by atoms with E-state index in [0.717, 1.165) is 23.4 Å². The quantitative estimate of drug-likeness (QED) is 0.283. The Labute approximate surface area is 188 Å². The number of non-ortho nitro benzene ring substituents is 1. The van der Waals surface area contributed by atoms with Crippen molar-refractivity contribution >= 4 is 29.2 Å². The number of hydrogen-bond donors (Lipinski definition) is 2. The number of ether oxygens (including phenoxy) is 1. The topological polar surface area (TPSA) is 149 Å². The van der Waals surface area contributed by atoms with Gasteiger partial charge in [-0.3, -0.25) is 25.0 Å². The van der Waals surface area contributed by atoms with Crippen LogP contribution in [0.15, 0.2) is 71.8 Å². The first-order chi connectivity index (χ1) is 15.8. The van der Waals surface area contributed by atoms with Crippen molar-refractivity contribution in [2.24, 2.45) is 5.10 Å². The fourth-order valence-electron chi connectivity index (χ4n) is 2.67. The van der Waals surface area contributed by atoms with E-state index < -0.39 is 21.2 Å². The zero-order valence-corrected chi connectivity index (χ0v) is 17.4. The molecular formula is C22H19N5O6. The number of rotatable bonds is 9. The summed E-state index contributed by atoms with van der Waals surface area (Å²) < 4.78 is 5.50. The van der Waals surface area contributed by atoms with Gasteiger partial charge in [-0.05, 0) is 55.0 Å². The fourth-order valence-corrected chi connectivity index (χ4v) is 2.67. The maximum Gasteiger partial charge on any atom is 0.318 e. The van der Waals surface area contributed by atoms with Gasteiger partial charge in [0.2, 0.25) is 5.75 Å². The van der Waals surface area contributed by atoms with E-state index in [4.69, 9.17) is 4.74 Å². The molecule has 1 amide bonds. The van der Waals surface area contributed by atoms with Crippen molar-refractivity contribution in [3.05, 3.63) is 98.1 Å². The summed E-state index contributed by atoms with van der Waals surface area (Å²) in [5.41, 5.74) is 4.08. The molecule has 33 heavy (non-hydrogen) atoms. The van der Waals surface area contributed by atoms with Crippen molar-refractivity contribution in [2.45, 2.75) is 6.92 Å². The highest BCUT2D eigenvalue weighted by molar-refractivity contribution is 5.84. The minimum Gasteiger partial charge on any atom is -0.450 e. The van der Waals surface area contributed by atoms with Crippen molar-refractivity contribution in [3.8, 4) is 11.5 Å². The molecule has 0 heterocycles. The van der Waals surface area contributed by atoms with Gasteiger partial charge in [0, 0.05) is 11.8 Å². The molecule has 0 saturated heterocycles. The lowest BCUT2D eigenvalue weighted by Gasteiger charge is -2.07. The van der Waals surface area contributed by atoms with Crippen molar-refractivity contribution < 1.29 is 19.4 Å². The Morgan fingerprint density at radius 3 is 2.33 bits per heavy atom. The first-order valence-corrected chi connectivity index (χ1v) is 9.65. The van der Waals surface area contributed by atoms with Gasteiger partial charge >= 0.3 is 5.69 Å². The summed E-state index contributed by atoms with van der Waals surface area (Å²) in [5, 5.41) is 28.9. The molecule has 11 heteroatoms. The Balaban J connectivity index is 1.55. The van der Waals surface area contributed by atoms with E-state index in [1.165, 1.54) is 12.3 Å². The number of carbonyl (C=O) groups is 1. The normalized spacial score (nSPS) is 10.6. The highest BCUT2D eigenvalue weighted by atomic mass is 16.6. The Morgan fingerprint density at radius 1 is 1.00 bits per heavy atom. The molecule has 0 aromatic heterocycles. The van der Waals surface area contributed by atoms with Gasteiger partial charge < -0.3 is 10.1 Å². The summed E-state index contributed by atoms with van der Waals surface area (Å²) in [6, 6.07) is 17.1. The number of carbonyl (C=O) groups excluding carboxylic acids is 1. The maximum atomic E-state index is 11.9. The highest BCUT2D eigenvalue weighted by Crippen LogP contribution is 2.34. The highest BCUT2D eigenvalue weighted by Gasteiger charge is 2.21. The summed E-state index contributed by atoms with van der Waals surface area (Å²) in [4.78, 5) is 32.4. The molecular weight excluding hydrogens is 430 g/mol. The average Bonchev–Trinajstić information content (AvgIpc) is 2.80. The molecule has 3 rings (SSSR count). The van der Waals surface area contributed by atoms with Crippen LogP contribution >= 0.6 is 0 Å². The monoisotopic (exact) mass is 449 g/mol. The number of nitrogens with zero attached hydrogens (tertiary/aromatic N) is 3. The number of amides is 1. The van der Waals surface area contributed by atoms with Gasteiger partial charge in [0.15, 0.2) is 0 Å². The molecule has 168 valence electrons. The van der Waals surface area contributed by atoms with Gasteiger partial charge in [-0.15, -0.1) is 0 Å². The number of aryl methyl sites for hydroxylation is 1. The maximum absolute atomic E-state index is 11.9. The average molecular weight is 449 g/mol. The van der Waals surface area contributed by atoms with E-state index >= 15 is 0 Å². The van der Waals surface area contributed by atoms with Crippen molar-refractivity contribution in [1.29, 1.82) is 0 Å². The zero-order chi connectivity index (χ0) is 23.8. The molecule has 0 aliphatic heterocycles. The fraction of sp³-hybridized carbons (Fsp3) is 0.0909. The van der Waals surface area contributed by atoms with Crippen LogP contribution in [0.3, 0.4) is 0 Å². The van der Waals surface area contributed by atoms with Crippen LogP contribution in [-0.4, -0.2) is 28.5 Å². The molecule has 0 atom stereocenters. The second-order valence-electron chi connectivity index (χ2n) is 6.85. The van der Waals surface area contributed by atoms with E-state index in [1.807, 2.05) is 31.2 Å². The van der Waals surface area contributed by atoms with Crippen LogP contribution in [0, 0.1) is 27.2 Å².